The van der Waals surface area contributed by atoms with Gasteiger partial charge >= 0.3 is 0 Å². The van der Waals surface area contributed by atoms with E-state index in [2.05, 4.69) is 5.32 Å². The monoisotopic (exact) mass is 277 g/mol. The van der Waals surface area contributed by atoms with Crippen LogP contribution in [0.4, 0.5) is 4.39 Å². The summed E-state index contributed by atoms with van der Waals surface area (Å²) < 4.78 is 13.0. The molecule has 0 saturated heterocycles. The van der Waals surface area contributed by atoms with Crippen molar-refractivity contribution in [2.75, 3.05) is 6.61 Å². The van der Waals surface area contributed by atoms with Gasteiger partial charge in [0, 0.05) is 19.1 Å². The van der Waals surface area contributed by atoms with Crippen LogP contribution in [0.25, 0.3) is 6.08 Å². The topological polar surface area (TPSA) is 49.3 Å². The average molecular weight is 277 g/mol. The van der Waals surface area contributed by atoms with Gasteiger partial charge in [0.25, 0.3) is 0 Å². The number of nitrogens with one attached hydrogen (secondary N) is 1. The summed E-state index contributed by atoms with van der Waals surface area (Å²) in [5.41, 5.74) is 0.743. The first kappa shape index (κ1) is 14.7. The maximum atomic E-state index is 13.0. The maximum absolute atomic E-state index is 13.0. The molecule has 4 heteroatoms. The Bertz CT molecular complexity index is 483. The molecule has 0 aromatic heterocycles. The van der Waals surface area contributed by atoms with Gasteiger partial charge in [-0.3, -0.25) is 4.79 Å². The van der Waals surface area contributed by atoms with E-state index in [9.17, 15) is 9.18 Å². The van der Waals surface area contributed by atoms with E-state index >= 15 is 0 Å². The molecule has 1 aromatic carbocycles. The van der Waals surface area contributed by atoms with Crippen LogP contribution in [0.5, 0.6) is 0 Å². The molecule has 2 rings (SSSR count). The van der Waals surface area contributed by atoms with Crippen molar-refractivity contribution in [2.24, 2.45) is 5.92 Å². The highest BCUT2D eigenvalue weighted by atomic mass is 19.1. The largest absolute Gasteiger partial charge is 0.396 e. The fourth-order valence-corrected chi connectivity index (χ4v) is 2.24. The summed E-state index contributed by atoms with van der Waals surface area (Å²) in [5, 5.41) is 11.9. The fraction of sp³-hybridized carbons (Fsp3) is 0.438. The molecule has 20 heavy (non-hydrogen) atoms. The summed E-state index contributed by atoms with van der Waals surface area (Å²) in [4.78, 5) is 11.8. The van der Waals surface area contributed by atoms with Crippen molar-refractivity contribution in [3.05, 3.63) is 41.7 Å². The van der Waals surface area contributed by atoms with Crippen LogP contribution in [0.15, 0.2) is 30.3 Å². The molecule has 1 amide bonds. The average Bonchev–Trinajstić information content (AvgIpc) is 3.22. The Morgan fingerprint density at radius 2 is 2.30 bits per heavy atom. The van der Waals surface area contributed by atoms with Crippen LogP contribution in [0.1, 0.15) is 31.2 Å². The van der Waals surface area contributed by atoms with Crippen LogP contribution in [-0.2, 0) is 4.79 Å². The van der Waals surface area contributed by atoms with Crippen molar-refractivity contribution < 1.29 is 14.3 Å². The summed E-state index contributed by atoms with van der Waals surface area (Å²) in [6, 6.07) is 6.33. The van der Waals surface area contributed by atoms with Gasteiger partial charge < -0.3 is 10.4 Å². The zero-order chi connectivity index (χ0) is 14.4. The van der Waals surface area contributed by atoms with Crippen molar-refractivity contribution in [3.63, 3.8) is 0 Å². The lowest BCUT2D eigenvalue weighted by molar-refractivity contribution is -0.121. The molecule has 0 bridgehead atoms. The number of hydrogen-bond donors (Lipinski definition) is 2. The first-order valence-corrected chi connectivity index (χ1v) is 7.01. The molecule has 0 aliphatic heterocycles. The van der Waals surface area contributed by atoms with Crippen molar-refractivity contribution in [1.29, 1.82) is 0 Å². The third-order valence-corrected chi connectivity index (χ3v) is 3.44. The molecule has 108 valence electrons. The number of rotatable bonds is 7. The predicted octanol–water partition coefficient (Wildman–Crippen LogP) is 2.51. The normalized spacial score (nSPS) is 16.3. The molecule has 0 spiro atoms. The van der Waals surface area contributed by atoms with Crippen LogP contribution in [0, 0.1) is 11.7 Å². The summed E-state index contributed by atoms with van der Waals surface area (Å²) >= 11 is 0. The second kappa shape index (κ2) is 7.20. The van der Waals surface area contributed by atoms with Gasteiger partial charge in [-0.05, 0) is 42.9 Å². The van der Waals surface area contributed by atoms with E-state index in [4.69, 9.17) is 5.11 Å². The molecule has 2 N–H and O–H groups in total. The smallest absolute Gasteiger partial charge is 0.224 e. The molecule has 1 aliphatic carbocycles. The van der Waals surface area contributed by atoms with Gasteiger partial charge in [0.05, 0.1) is 0 Å². The Kier molecular flexibility index (Phi) is 5.30. The van der Waals surface area contributed by atoms with Crippen LogP contribution in [-0.4, -0.2) is 23.7 Å². The summed E-state index contributed by atoms with van der Waals surface area (Å²) in [7, 11) is 0. The van der Waals surface area contributed by atoms with Crippen molar-refractivity contribution >= 4 is 12.0 Å². The molecule has 0 radical (unpaired) electrons. The van der Waals surface area contributed by atoms with E-state index in [1.54, 1.807) is 24.3 Å². The van der Waals surface area contributed by atoms with E-state index in [1.165, 1.54) is 12.1 Å². The number of amides is 1. The number of aliphatic hydroxyl groups is 1. The molecule has 1 unspecified atom stereocenters. The van der Waals surface area contributed by atoms with Crippen LogP contribution >= 0.6 is 0 Å². The maximum Gasteiger partial charge on any atom is 0.224 e. The van der Waals surface area contributed by atoms with E-state index in [1.807, 2.05) is 0 Å². The molecule has 1 aromatic rings. The van der Waals surface area contributed by atoms with Gasteiger partial charge in [-0.2, -0.15) is 0 Å². The number of benzene rings is 1. The van der Waals surface area contributed by atoms with Crippen LogP contribution < -0.4 is 5.32 Å². The molecular weight excluding hydrogens is 257 g/mol. The van der Waals surface area contributed by atoms with E-state index in [-0.39, 0.29) is 30.8 Å². The summed E-state index contributed by atoms with van der Waals surface area (Å²) in [5.74, 6) is 0.189. The van der Waals surface area contributed by atoms with E-state index in [0.717, 1.165) is 18.4 Å². The second-order valence-electron chi connectivity index (χ2n) is 5.19. The molecule has 1 atom stereocenters. The Hall–Kier alpha value is -1.68. The van der Waals surface area contributed by atoms with Gasteiger partial charge in [0.2, 0.25) is 5.91 Å². The van der Waals surface area contributed by atoms with E-state index in [0.29, 0.717) is 12.3 Å². The minimum atomic E-state index is -0.284. The number of carbonyl (C=O) groups is 1. The van der Waals surface area contributed by atoms with E-state index < -0.39 is 0 Å². The Morgan fingerprint density at radius 3 is 2.95 bits per heavy atom. The van der Waals surface area contributed by atoms with Gasteiger partial charge in [0.15, 0.2) is 0 Å². The standard InChI is InChI=1S/C16H20FNO2/c17-14-5-1-3-12(11-14)4-2-6-16(20)18-15(9-10-19)13-7-8-13/h1-5,11,13,15,19H,6-10H2,(H,18,20)/b4-2+. The zero-order valence-electron chi connectivity index (χ0n) is 11.4. The van der Waals surface area contributed by atoms with Gasteiger partial charge in [-0.15, -0.1) is 0 Å². The highest BCUT2D eigenvalue weighted by molar-refractivity contribution is 5.78. The van der Waals surface area contributed by atoms with Gasteiger partial charge in [0.1, 0.15) is 5.82 Å². The van der Waals surface area contributed by atoms with Crippen LogP contribution in [0.3, 0.4) is 0 Å². The Labute approximate surface area is 118 Å². The summed E-state index contributed by atoms with van der Waals surface area (Å²) in [6.45, 7) is 0.0978. The molecule has 1 fully saturated rings. The lowest BCUT2D eigenvalue weighted by Gasteiger charge is -2.16. The highest BCUT2D eigenvalue weighted by Crippen LogP contribution is 2.33. The van der Waals surface area contributed by atoms with Gasteiger partial charge in [-0.25, -0.2) is 4.39 Å². The minimum Gasteiger partial charge on any atom is -0.396 e. The summed E-state index contributed by atoms with van der Waals surface area (Å²) in [6.07, 6.45) is 6.61. The zero-order valence-corrected chi connectivity index (χ0v) is 11.4. The molecule has 1 saturated carbocycles. The fourth-order valence-electron chi connectivity index (χ4n) is 2.24. The minimum absolute atomic E-state index is 0.0528. The number of hydrogen-bond acceptors (Lipinski definition) is 2. The predicted molar refractivity (Wildman–Crippen MR) is 76.4 cm³/mol. The second-order valence-corrected chi connectivity index (χ2v) is 5.19. The number of carbonyl (C=O) groups excluding carboxylic acids is 1. The van der Waals surface area contributed by atoms with Gasteiger partial charge in [-0.1, -0.05) is 24.3 Å². The quantitative estimate of drug-likeness (QED) is 0.804. The molecule has 3 nitrogen and oxygen atoms in total. The lowest BCUT2D eigenvalue weighted by Crippen LogP contribution is -2.36. The SMILES string of the molecule is O=C(C/C=C/c1cccc(F)c1)NC(CCO)C1CC1. The first-order valence-electron chi connectivity index (χ1n) is 7.01. The Balaban J connectivity index is 1.79. The molecular formula is C16H20FNO2. The van der Waals surface area contributed by atoms with Crippen molar-refractivity contribution in [3.8, 4) is 0 Å². The van der Waals surface area contributed by atoms with Crippen molar-refractivity contribution in [1.82, 2.24) is 5.32 Å². The highest BCUT2D eigenvalue weighted by Gasteiger charge is 2.31. The van der Waals surface area contributed by atoms with Crippen LogP contribution in [0.2, 0.25) is 0 Å². The lowest BCUT2D eigenvalue weighted by atomic mass is 10.1. The van der Waals surface area contributed by atoms with Crippen molar-refractivity contribution in [2.45, 2.75) is 31.7 Å². The number of halogens is 1. The molecule has 0 heterocycles. The Morgan fingerprint density at radius 1 is 1.50 bits per heavy atom. The number of aliphatic hydroxyl groups excluding tert-OH is 1. The first-order chi connectivity index (χ1) is 9.69. The third-order valence-electron chi connectivity index (χ3n) is 3.44. The molecule has 1 aliphatic rings. The third kappa shape index (κ3) is 4.78.